The van der Waals surface area contributed by atoms with Crippen molar-refractivity contribution < 1.29 is 9.18 Å². The topological polar surface area (TPSA) is 88.4 Å². The van der Waals surface area contributed by atoms with Gasteiger partial charge in [0.15, 0.2) is 0 Å². The molecule has 152 valence electrons. The Labute approximate surface area is 175 Å². The number of benzene rings is 2. The molecule has 0 radical (unpaired) electrons. The van der Waals surface area contributed by atoms with Crippen LogP contribution in [0.15, 0.2) is 53.3 Å². The van der Waals surface area contributed by atoms with E-state index in [1.165, 1.54) is 28.0 Å². The lowest BCUT2D eigenvalue weighted by atomic mass is 10.1. The average Bonchev–Trinajstić information content (AvgIpc) is 3.14. The Balaban J connectivity index is 1.50. The second kappa shape index (κ2) is 8.03. The highest BCUT2D eigenvalue weighted by Gasteiger charge is 2.12. The van der Waals surface area contributed by atoms with Gasteiger partial charge in [0, 0.05) is 17.3 Å². The summed E-state index contributed by atoms with van der Waals surface area (Å²) in [5, 5.41) is 10.2. The zero-order chi connectivity index (χ0) is 21.3. The number of nitrogens with one attached hydrogen (secondary N) is 2. The number of aromatic nitrogens is 3. The van der Waals surface area contributed by atoms with Crippen LogP contribution in [0.3, 0.4) is 0 Å². The van der Waals surface area contributed by atoms with Gasteiger partial charge in [0.25, 0.3) is 5.56 Å². The van der Waals surface area contributed by atoms with Crippen molar-refractivity contribution in [1.82, 2.24) is 19.9 Å². The van der Waals surface area contributed by atoms with Crippen molar-refractivity contribution in [1.29, 1.82) is 0 Å². The molecule has 9 heteroatoms. The number of carbonyl (C=O) groups excluding carboxylic acids is 1. The molecule has 0 fully saturated rings. The van der Waals surface area contributed by atoms with E-state index < -0.39 is 11.8 Å². The predicted octanol–water partition coefficient (Wildman–Crippen LogP) is 3.90. The lowest BCUT2D eigenvalue weighted by Gasteiger charge is -2.08. The number of rotatable bonds is 4. The van der Waals surface area contributed by atoms with Gasteiger partial charge < -0.3 is 10.6 Å². The molecular formula is C21H18FN5O2S. The fourth-order valence-corrected chi connectivity index (χ4v) is 3.90. The quantitative estimate of drug-likeness (QED) is 0.521. The molecule has 0 saturated heterocycles. The van der Waals surface area contributed by atoms with Crippen LogP contribution >= 0.6 is 11.3 Å². The molecule has 2 heterocycles. The fraction of sp³-hybridized carbons (Fsp3) is 0.143. The Morgan fingerprint density at radius 3 is 2.70 bits per heavy atom. The number of carbonyl (C=O) groups is 1. The zero-order valence-corrected chi connectivity index (χ0v) is 17.1. The third-order valence-electron chi connectivity index (χ3n) is 4.53. The average molecular weight is 423 g/mol. The molecule has 0 saturated carbocycles. The van der Waals surface area contributed by atoms with Crippen molar-refractivity contribution in [2.75, 3.05) is 5.32 Å². The SMILES string of the molecule is Cc1ccc(NC(=O)NCc2cc(=O)n3nc(-c4ccccc4C)sc3n2)cc1F. The smallest absolute Gasteiger partial charge is 0.319 e. The van der Waals surface area contributed by atoms with Crippen molar-refractivity contribution in [3.05, 3.63) is 81.5 Å². The number of halogens is 1. The first-order valence-electron chi connectivity index (χ1n) is 9.17. The van der Waals surface area contributed by atoms with Gasteiger partial charge in [-0.3, -0.25) is 4.79 Å². The molecule has 4 rings (SSSR count). The fourth-order valence-electron chi connectivity index (χ4n) is 2.89. The molecule has 0 atom stereocenters. The Morgan fingerprint density at radius 1 is 1.13 bits per heavy atom. The molecule has 2 aromatic carbocycles. The van der Waals surface area contributed by atoms with Gasteiger partial charge in [-0.1, -0.05) is 41.7 Å². The third-order valence-corrected chi connectivity index (χ3v) is 5.48. The summed E-state index contributed by atoms with van der Waals surface area (Å²) in [5.41, 5.74) is 2.91. The number of nitrogens with zero attached hydrogens (tertiary/aromatic N) is 3. The van der Waals surface area contributed by atoms with E-state index in [1.807, 2.05) is 31.2 Å². The van der Waals surface area contributed by atoms with Crippen LogP contribution in [-0.2, 0) is 6.54 Å². The maximum Gasteiger partial charge on any atom is 0.319 e. The highest BCUT2D eigenvalue weighted by atomic mass is 32.1. The van der Waals surface area contributed by atoms with E-state index in [1.54, 1.807) is 19.1 Å². The second-order valence-corrected chi connectivity index (χ2v) is 7.73. The van der Waals surface area contributed by atoms with E-state index in [-0.39, 0.29) is 12.1 Å². The van der Waals surface area contributed by atoms with E-state index >= 15 is 0 Å². The molecule has 2 amide bonds. The van der Waals surface area contributed by atoms with Crippen LogP contribution in [0.1, 0.15) is 16.8 Å². The number of aryl methyl sites for hydroxylation is 2. The van der Waals surface area contributed by atoms with E-state index in [9.17, 15) is 14.0 Å². The Bertz CT molecular complexity index is 1310. The normalized spacial score (nSPS) is 10.9. The first-order valence-corrected chi connectivity index (χ1v) is 9.99. The van der Waals surface area contributed by atoms with E-state index in [4.69, 9.17) is 0 Å². The van der Waals surface area contributed by atoms with Crippen LogP contribution in [0.25, 0.3) is 15.5 Å². The number of anilines is 1. The third kappa shape index (κ3) is 4.06. The highest BCUT2D eigenvalue weighted by Crippen LogP contribution is 2.26. The number of urea groups is 1. The molecule has 2 N–H and O–H groups in total. The second-order valence-electron chi connectivity index (χ2n) is 6.77. The monoisotopic (exact) mass is 423 g/mol. The molecular weight excluding hydrogens is 405 g/mol. The minimum absolute atomic E-state index is 0.0452. The Hall–Kier alpha value is -3.59. The number of hydrogen-bond acceptors (Lipinski definition) is 5. The molecule has 0 bridgehead atoms. The lowest BCUT2D eigenvalue weighted by Crippen LogP contribution is -2.29. The van der Waals surface area contributed by atoms with Crippen LogP contribution in [0.2, 0.25) is 0 Å². The van der Waals surface area contributed by atoms with Gasteiger partial charge in [-0.15, -0.1) is 0 Å². The van der Waals surface area contributed by atoms with Gasteiger partial charge in [-0.2, -0.15) is 9.61 Å². The molecule has 30 heavy (non-hydrogen) atoms. The largest absolute Gasteiger partial charge is 0.332 e. The summed E-state index contributed by atoms with van der Waals surface area (Å²) in [4.78, 5) is 29.4. The van der Waals surface area contributed by atoms with Crippen LogP contribution < -0.4 is 16.2 Å². The lowest BCUT2D eigenvalue weighted by molar-refractivity contribution is 0.251. The van der Waals surface area contributed by atoms with Crippen LogP contribution in [0.4, 0.5) is 14.9 Å². The van der Waals surface area contributed by atoms with Gasteiger partial charge in [0.05, 0.1) is 12.2 Å². The molecule has 7 nitrogen and oxygen atoms in total. The summed E-state index contributed by atoms with van der Waals surface area (Å²) in [6.45, 7) is 3.67. The predicted molar refractivity (Wildman–Crippen MR) is 114 cm³/mol. The maximum atomic E-state index is 13.6. The standard InChI is InChI=1S/C21H18FN5O2S/c1-12-5-3-4-6-16(12)19-26-27-18(28)10-15(25-21(27)30-19)11-23-20(29)24-14-8-7-13(2)17(22)9-14/h3-10H,11H2,1-2H3,(H2,23,24,29). The van der Waals surface area contributed by atoms with Gasteiger partial charge >= 0.3 is 6.03 Å². The number of fused-ring (bicyclic) bond motifs is 1. The highest BCUT2D eigenvalue weighted by molar-refractivity contribution is 7.19. The maximum absolute atomic E-state index is 13.6. The van der Waals surface area contributed by atoms with E-state index in [0.717, 1.165) is 11.1 Å². The van der Waals surface area contributed by atoms with Crippen molar-refractivity contribution in [3.63, 3.8) is 0 Å². The van der Waals surface area contributed by atoms with E-state index in [2.05, 4.69) is 20.7 Å². The summed E-state index contributed by atoms with van der Waals surface area (Å²) in [6, 6.07) is 13.0. The van der Waals surface area contributed by atoms with Gasteiger partial charge in [-0.25, -0.2) is 14.2 Å². The molecule has 0 aliphatic rings. The van der Waals surface area contributed by atoms with Crippen LogP contribution in [0, 0.1) is 19.7 Å². The number of amides is 2. The van der Waals surface area contributed by atoms with Gasteiger partial charge in [0.1, 0.15) is 10.8 Å². The summed E-state index contributed by atoms with van der Waals surface area (Å²) in [6.07, 6.45) is 0. The first kappa shape index (κ1) is 19.7. The molecule has 0 aliphatic heterocycles. The molecule has 2 aromatic heterocycles. The summed E-state index contributed by atoms with van der Waals surface area (Å²) >= 11 is 1.30. The Kier molecular flexibility index (Phi) is 5.28. The summed E-state index contributed by atoms with van der Waals surface area (Å²) in [5.74, 6) is -0.400. The minimum atomic E-state index is -0.523. The molecule has 0 aliphatic carbocycles. The van der Waals surface area contributed by atoms with E-state index in [0.29, 0.717) is 26.9 Å². The van der Waals surface area contributed by atoms with Crippen molar-refractivity contribution in [3.8, 4) is 10.6 Å². The Morgan fingerprint density at radius 2 is 1.93 bits per heavy atom. The molecule has 4 aromatic rings. The van der Waals surface area contributed by atoms with Gasteiger partial charge in [-0.05, 0) is 37.1 Å². The van der Waals surface area contributed by atoms with Crippen LogP contribution in [0.5, 0.6) is 0 Å². The number of hydrogen-bond donors (Lipinski definition) is 2. The van der Waals surface area contributed by atoms with Crippen LogP contribution in [-0.4, -0.2) is 20.6 Å². The summed E-state index contributed by atoms with van der Waals surface area (Å²) < 4.78 is 14.9. The first-order chi connectivity index (χ1) is 14.4. The summed E-state index contributed by atoms with van der Waals surface area (Å²) in [7, 11) is 0. The van der Waals surface area contributed by atoms with Crippen molar-refractivity contribution in [2.45, 2.75) is 20.4 Å². The molecule has 0 spiro atoms. The molecule has 0 unspecified atom stereocenters. The zero-order valence-electron chi connectivity index (χ0n) is 16.3. The minimum Gasteiger partial charge on any atom is -0.332 e. The van der Waals surface area contributed by atoms with Crippen molar-refractivity contribution in [2.24, 2.45) is 0 Å². The van der Waals surface area contributed by atoms with Crippen molar-refractivity contribution >= 4 is 28.0 Å². The van der Waals surface area contributed by atoms with Gasteiger partial charge in [0.2, 0.25) is 4.96 Å².